The van der Waals surface area contributed by atoms with Crippen LogP contribution >= 0.6 is 11.8 Å². The molecule has 6 amide bonds. The van der Waals surface area contributed by atoms with Crippen LogP contribution < -0.4 is 54.8 Å². The van der Waals surface area contributed by atoms with Crippen LogP contribution in [-0.4, -0.2) is 157 Å². The lowest BCUT2D eigenvalue weighted by atomic mass is 10.0. The zero-order valence-electron chi connectivity index (χ0n) is 45.5. The molecule has 7 atom stereocenters. The van der Waals surface area contributed by atoms with Crippen molar-refractivity contribution in [2.24, 2.45) is 22.9 Å². The molecule has 0 saturated carbocycles. The van der Waals surface area contributed by atoms with Crippen LogP contribution in [0.5, 0.6) is 0 Å². The predicted octanol–water partition coefficient (Wildman–Crippen LogP) is 1.08. The Morgan fingerprint density at radius 2 is 0.922 bits per heavy atom. The van der Waals surface area contributed by atoms with Gasteiger partial charge in [-0.2, -0.15) is 11.8 Å². The van der Waals surface area contributed by atoms with Gasteiger partial charge in [-0.3, -0.25) is 38.4 Å². The van der Waals surface area contributed by atoms with Gasteiger partial charge in [0, 0.05) is 24.3 Å². The lowest BCUT2D eigenvalue weighted by molar-refractivity contribution is -0.157. The largest absolute Gasteiger partial charge is 0.480 e. The molecule has 1 rings (SSSR count). The molecule has 1 aromatic carbocycles. The average Bonchev–Trinajstić information content (AvgIpc) is 3.40. The lowest BCUT2D eigenvalue weighted by Crippen LogP contribution is -2.60. The molecule has 16 N–H and O–H groups in total. The van der Waals surface area contributed by atoms with Gasteiger partial charge in [0.05, 0.1) is 13.0 Å². The molecule has 0 fully saturated rings. The van der Waals surface area contributed by atoms with Gasteiger partial charge in [-0.25, -0.2) is 4.79 Å². The monoisotopic (exact) mass is 1110 g/mol. The number of hydrogen-bond acceptors (Lipinski definition) is 17. The van der Waals surface area contributed by atoms with Gasteiger partial charge in [0.2, 0.25) is 35.4 Å². The number of carbonyl (C=O) groups excluding carboxylic acids is 8. The molecule has 1 unspecified atom stereocenters. The Labute approximate surface area is 459 Å². The number of esters is 2. The standard InChI is InChI=1S/C53H92N10O13S/c1-3-5-8-26-46(66)75-34-38(76-47(67)27-9-6-4-2)35-77-36-44(58-45(65)32-37-20-10-7-11-21-37)52(72)63-43(33-64)51(71)61-40(23-13-17-29-55)49(69)59-39(22-12-16-28-54)48(68)60-41(24-14-18-30-56)50(70)62-42(53(73)74)25-15-19-31-57/h7,10-11,20-21,38-44,64H,3-6,8-9,12-19,22-36,54-57H2,1-2H3,(H,58,65)(H,59,69)(H,60,68)(H,61,71)(H,62,70)(H,63,72)(H,73,74)/t38?,39-,40-,41-,42-,43-,44+/m0/s1. The number of carbonyl (C=O) groups is 9. The summed E-state index contributed by atoms with van der Waals surface area (Å²) in [6.45, 7) is 4.04. The number of amides is 6. The average molecular weight is 1110 g/mol. The van der Waals surface area contributed by atoms with E-state index in [1.165, 1.54) is 0 Å². The minimum absolute atomic E-state index is 0.0239. The van der Waals surface area contributed by atoms with Gasteiger partial charge >= 0.3 is 17.9 Å². The summed E-state index contributed by atoms with van der Waals surface area (Å²) in [5.74, 6) is -6.84. The summed E-state index contributed by atoms with van der Waals surface area (Å²) in [5, 5.41) is 36.0. The van der Waals surface area contributed by atoms with E-state index in [2.05, 4.69) is 31.9 Å². The molecule has 0 aromatic heterocycles. The smallest absolute Gasteiger partial charge is 0.326 e. The summed E-state index contributed by atoms with van der Waals surface area (Å²) < 4.78 is 11.2. The summed E-state index contributed by atoms with van der Waals surface area (Å²) in [5.41, 5.74) is 23.4. The van der Waals surface area contributed by atoms with Crippen LogP contribution in [0.25, 0.3) is 0 Å². The highest BCUT2D eigenvalue weighted by Gasteiger charge is 2.33. The Morgan fingerprint density at radius 1 is 0.506 bits per heavy atom. The number of aliphatic hydroxyl groups is 1. The molecule has 24 heteroatoms. The first-order valence-electron chi connectivity index (χ1n) is 27.5. The van der Waals surface area contributed by atoms with Crippen molar-refractivity contribution in [2.45, 2.75) is 191 Å². The zero-order valence-corrected chi connectivity index (χ0v) is 46.4. The summed E-state index contributed by atoms with van der Waals surface area (Å²) in [6.07, 6.45) is 7.99. The maximum Gasteiger partial charge on any atom is 0.326 e. The number of carboxylic acids is 1. The highest BCUT2D eigenvalue weighted by Crippen LogP contribution is 2.14. The third-order valence-electron chi connectivity index (χ3n) is 12.3. The second kappa shape index (κ2) is 43.6. The number of nitrogens with one attached hydrogen (secondary N) is 6. The minimum Gasteiger partial charge on any atom is -0.480 e. The van der Waals surface area contributed by atoms with Crippen LogP contribution in [0.3, 0.4) is 0 Å². The van der Waals surface area contributed by atoms with Gasteiger partial charge in [0.15, 0.2) is 0 Å². The SMILES string of the molecule is CCCCCC(=O)OCC(CSC[C@@H](NC(=O)Cc1ccccc1)C(=O)N[C@@H](CO)C(=O)N[C@@H](CCCCN)C(=O)N[C@@H](CCCCN)C(=O)N[C@@H](CCCCN)C(=O)N[C@@H](CCCCN)C(=O)O)OC(=O)CCCCC. The highest BCUT2D eigenvalue weighted by molar-refractivity contribution is 7.99. The minimum atomic E-state index is -1.64. The van der Waals surface area contributed by atoms with Crippen molar-refractivity contribution < 1.29 is 62.8 Å². The van der Waals surface area contributed by atoms with Gasteiger partial charge in [-0.05, 0) is 122 Å². The van der Waals surface area contributed by atoms with E-state index < -0.39 is 102 Å². The van der Waals surface area contributed by atoms with Crippen molar-refractivity contribution in [2.75, 3.05) is 50.9 Å². The van der Waals surface area contributed by atoms with Gasteiger partial charge in [-0.1, -0.05) is 69.9 Å². The number of rotatable bonds is 46. The first kappa shape index (κ1) is 69.6. The molecular formula is C53H92N10O13S. The Kier molecular flexibility index (Phi) is 39.4. The van der Waals surface area contributed by atoms with E-state index in [9.17, 15) is 53.4 Å². The number of aliphatic carboxylic acids is 1. The fraction of sp³-hybridized carbons (Fsp3) is 0.717. The maximum absolute atomic E-state index is 14.2. The molecule has 23 nitrogen and oxygen atoms in total. The number of thioether (sulfide) groups is 1. The number of nitrogens with two attached hydrogens (primary N) is 4. The summed E-state index contributed by atoms with van der Waals surface area (Å²) in [4.78, 5) is 121. The molecule has 0 bridgehead atoms. The van der Waals surface area contributed by atoms with Crippen molar-refractivity contribution >= 4 is 65.1 Å². The van der Waals surface area contributed by atoms with Gasteiger partial charge in [-0.15, -0.1) is 0 Å². The fourth-order valence-electron chi connectivity index (χ4n) is 7.78. The first-order valence-corrected chi connectivity index (χ1v) is 28.6. The van der Waals surface area contributed by atoms with E-state index in [1.54, 1.807) is 30.3 Å². The van der Waals surface area contributed by atoms with Crippen LogP contribution in [0.1, 0.15) is 148 Å². The Bertz CT molecular complexity index is 1890. The van der Waals surface area contributed by atoms with Crippen LogP contribution in [-0.2, 0) is 59.0 Å². The molecule has 77 heavy (non-hydrogen) atoms. The van der Waals surface area contributed by atoms with E-state index in [0.29, 0.717) is 82.9 Å². The number of aliphatic hydroxyl groups excluding tert-OH is 1. The van der Waals surface area contributed by atoms with Crippen molar-refractivity contribution in [3.8, 4) is 0 Å². The van der Waals surface area contributed by atoms with Gasteiger partial charge in [0.25, 0.3) is 0 Å². The van der Waals surface area contributed by atoms with E-state index in [-0.39, 0.29) is 76.1 Å². The van der Waals surface area contributed by atoms with Crippen molar-refractivity contribution in [3.05, 3.63) is 35.9 Å². The molecular weight excluding hydrogens is 1020 g/mol. The third kappa shape index (κ3) is 32.2. The summed E-state index contributed by atoms with van der Waals surface area (Å²) in [7, 11) is 0. The van der Waals surface area contributed by atoms with Crippen LogP contribution in [0.2, 0.25) is 0 Å². The predicted molar refractivity (Wildman–Crippen MR) is 295 cm³/mol. The fourth-order valence-corrected chi connectivity index (χ4v) is 8.81. The molecule has 0 spiro atoms. The normalized spacial score (nSPS) is 13.8. The van der Waals surface area contributed by atoms with Crippen molar-refractivity contribution in [1.82, 2.24) is 31.9 Å². The molecule has 0 saturated heterocycles. The molecule has 438 valence electrons. The number of benzene rings is 1. The zero-order chi connectivity index (χ0) is 57.2. The first-order chi connectivity index (χ1) is 37.1. The Hall–Kier alpha value is -5.40. The topological polar surface area (TPSA) is 389 Å². The second-order valence-corrected chi connectivity index (χ2v) is 20.1. The van der Waals surface area contributed by atoms with E-state index in [1.807, 2.05) is 13.8 Å². The van der Waals surface area contributed by atoms with Crippen molar-refractivity contribution in [3.63, 3.8) is 0 Å². The lowest BCUT2D eigenvalue weighted by Gasteiger charge is -2.27. The molecule has 0 aliphatic heterocycles. The maximum atomic E-state index is 14.2. The van der Waals surface area contributed by atoms with E-state index in [4.69, 9.17) is 32.4 Å². The second-order valence-electron chi connectivity index (χ2n) is 19.0. The molecule has 0 aliphatic rings. The van der Waals surface area contributed by atoms with Gasteiger partial charge < -0.3 is 74.5 Å². The van der Waals surface area contributed by atoms with E-state index in [0.717, 1.165) is 37.4 Å². The van der Waals surface area contributed by atoms with Gasteiger partial charge in [0.1, 0.15) is 49.0 Å². The number of carboxylic acid groups (broad SMARTS) is 1. The number of unbranched alkanes of at least 4 members (excludes halogenated alkanes) is 8. The Morgan fingerprint density at radius 3 is 1.36 bits per heavy atom. The molecule has 0 heterocycles. The highest BCUT2D eigenvalue weighted by atomic mass is 32.2. The molecule has 0 aliphatic carbocycles. The summed E-state index contributed by atoms with van der Waals surface area (Å²) in [6, 6.07) is 0.813. The number of hydrogen-bond donors (Lipinski definition) is 12. The molecule has 0 radical (unpaired) electrons. The summed E-state index contributed by atoms with van der Waals surface area (Å²) >= 11 is 1.13. The Balaban J connectivity index is 3.42. The van der Waals surface area contributed by atoms with E-state index >= 15 is 0 Å². The third-order valence-corrected chi connectivity index (χ3v) is 13.4. The number of ether oxygens (including phenoxy) is 2. The van der Waals surface area contributed by atoms with Crippen molar-refractivity contribution in [1.29, 1.82) is 0 Å². The quantitative estimate of drug-likeness (QED) is 0.0321. The van der Waals surface area contributed by atoms with Crippen LogP contribution in [0.4, 0.5) is 0 Å². The van der Waals surface area contributed by atoms with Crippen LogP contribution in [0, 0.1) is 0 Å². The molecule has 1 aromatic rings. The van der Waals surface area contributed by atoms with Crippen LogP contribution in [0.15, 0.2) is 30.3 Å².